The van der Waals surface area contributed by atoms with Crippen LogP contribution in [0.5, 0.6) is 0 Å². The lowest BCUT2D eigenvalue weighted by Gasteiger charge is -2.02. The number of aromatic nitrogens is 2. The molecule has 102 valence electrons. The fraction of sp³-hybridized carbons (Fsp3) is 0.357. The van der Waals surface area contributed by atoms with Crippen molar-refractivity contribution in [2.24, 2.45) is 0 Å². The molecule has 1 aromatic carbocycles. The highest BCUT2D eigenvalue weighted by atomic mass is 35.5. The van der Waals surface area contributed by atoms with Gasteiger partial charge in [-0.2, -0.15) is 11.8 Å². The number of imidazole rings is 1. The molecule has 0 fully saturated rings. The first kappa shape index (κ1) is 14.3. The predicted molar refractivity (Wildman–Crippen MR) is 84.1 cm³/mol. The molecule has 2 aromatic rings. The standard InChI is InChI=1S/C14H17ClN2OS/c1-3-4-5-19-8-14(18)10-6-12-13(7-11(10)15)17-9(2)16-12/h6-7,16,18H,2-5,8H2,1H3/b14-10+. The van der Waals surface area contributed by atoms with Crippen molar-refractivity contribution in [3.63, 3.8) is 0 Å². The topological polar surface area (TPSA) is 48.9 Å². The van der Waals surface area contributed by atoms with Crippen LogP contribution in [0.2, 0.25) is 5.02 Å². The Hall–Kier alpha value is -1.13. The zero-order valence-corrected chi connectivity index (χ0v) is 12.4. The third kappa shape index (κ3) is 3.45. The fourth-order valence-electron chi connectivity index (χ4n) is 1.80. The Morgan fingerprint density at radius 1 is 1.53 bits per heavy atom. The summed E-state index contributed by atoms with van der Waals surface area (Å²) >= 11 is 7.90. The van der Waals surface area contributed by atoms with Crippen LogP contribution in [0.3, 0.4) is 0 Å². The number of fused-ring (bicyclic) bond motifs is 1. The fourth-order valence-corrected chi connectivity index (χ4v) is 3.05. The summed E-state index contributed by atoms with van der Waals surface area (Å²) in [5.74, 6) is 1.94. The maximum Gasteiger partial charge on any atom is 0.123 e. The SMILES string of the molecule is C=c1nc2cc(Cl)/c(=C(/O)CSCCCC)cc2[nH]1. The lowest BCUT2D eigenvalue weighted by Crippen LogP contribution is -2.09. The van der Waals surface area contributed by atoms with Gasteiger partial charge in [0.25, 0.3) is 0 Å². The minimum Gasteiger partial charge on any atom is -0.511 e. The van der Waals surface area contributed by atoms with Gasteiger partial charge in [0, 0.05) is 5.22 Å². The van der Waals surface area contributed by atoms with Crippen molar-refractivity contribution in [1.29, 1.82) is 0 Å². The third-order valence-electron chi connectivity index (χ3n) is 2.81. The van der Waals surface area contributed by atoms with Crippen LogP contribution in [0.1, 0.15) is 19.8 Å². The van der Waals surface area contributed by atoms with E-state index in [1.54, 1.807) is 17.8 Å². The van der Waals surface area contributed by atoms with Gasteiger partial charge in [-0.15, -0.1) is 0 Å². The number of hydrogen-bond acceptors (Lipinski definition) is 3. The maximum atomic E-state index is 10.1. The Morgan fingerprint density at radius 2 is 2.32 bits per heavy atom. The van der Waals surface area contributed by atoms with Gasteiger partial charge in [0.15, 0.2) is 0 Å². The van der Waals surface area contributed by atoms with Crippen LogP contribution in [0.4, 0.5) is 0 Å². The molecule has 0 saturated carbocycles. The number of aliphatic hydroxyl groups excluding tert-OH is 1. The molecule has 0 saturated heterocycles. The van der Waals surface area contributed by atoms with E-state index in [1.807, 2.05) is 6.07 Å². The quantitative estimate of drug-likeness (QED) is 0.834. The van der Waals surface area contributed by atoms with Gasteiger partial charge in [0.2, 0.25) is 0 Å². The van der Waals surface area contributed by atoms with Crippen molar-refractivity contribution >= 4 is 46.7 Å². The average molecular weight is 297 g/mol. The van der Waals surface area contributed by atoms with E-state index in [2.05, 4.69) is 23.5 Å². The molecule has 3 nitrogen and oxygen atoms in total. The molecule has 0 amide bonds. The largest absolute Gasteiger partial charge is 0.511 e. The number of halogens is 1. The molecule has 0 radical (unpaired) electrons. The van der Waals surface area contributed by atoms with E-state index in [0.717, 1.165) is 23.2 Å². The summed E-state index contributed by atoms with van der Waals surface area (Å²) in [5, 5.41) is 11.3. The summed E-state index contributed by atoms with van der Waals surface area (Å²) in [5.41, 5.74) is 2.21. The number of hydrogen-bond donors (Lipinski definition) is 2. The summed E-state index contributed by atoms with van der Waals surface area (Å²) in [4.78, 5) is 7.26. The number of rotatable bonds is 5. The lowest BCUT2D eigenvalue weighted by molar-refractivity contribution is 0.501. The number of aromatic amines is 1. The zero-order valence-electron chi connectivity index (χ0n) is 10.9. The van der Waals surface area contributed by atoms with E-state index in [-0.39, 0.29) is 0 Å². The average Bonchev–Trinajstić information content (AvgIpc) is 2.72. The maximum absolute atomic E-state index is 10.1. The van der Waals surface area contributed by atoms with E-state index >= 15 is 0 Å². The van der Waals surface area contributed by atoms with E-state index in [9.17, 15) is 5.11 Å². The smallest absolute Gasteiger partial charge is 0.123 e. The second-order valence-electron chi connectivity index (χ2n) is 4.39. The first-order chi connectivity index (χ1) is 9.11. The Labute approximate surface area is 121 Å². The van der Waals surface area contributed by atoms with Gasteiger partial charge in [0.05, 0.1) is 21.8 Å². The van der Waals surface area contributed by atoms with Crippen molar-refractivity contribution in [3.8, 4) is 0 Å². The highest BCUT2D eigenvalue weighted by Gasteiger charge is 2.05. The number of unbranched alkanes of at least 4 members (excludes halogenated alkanes) is 1. The predicted octanol–water partition coefficient (Wildman–Crippen LogP) is 2.83. The molecule has 2 rings (SSSR count). The van der Waals surface area contributed by atoms with Crippen LogP contribution < -0.4 is 10.7 Å². The van der Waals surface area contributed by atoms with Gasteiger partial charge in [-0.1, -0.05) is 31.5 Å². The summed E-state index contributed by atoms with van der Waals surface area (Å²) in [6.07, 6.45) is 2.33. The minimum absolute atomic E-state index is 0.313. The van der Waals surface area contributed by atoms with E-state index < -0.39 is 0 Å². The second-order valence-corrected chi connectivity index (χ2v) is 5.90. The van der Waals surface area contributed by atoms with Crippen LogP contribution in [-0.2, 0) is 0 Å². The molecule has 0 atom stereocenters. The second kappa shape index (κ2) is 6.35. The summed E-state index contributed by atoms with van der Waals surface area (Å²) in [6.45, 7) is 5.91. The minimum atomic E-state index is 0.313. The number of aliphatic hydroxyl groups is 1. The van der Waals surface area contributed by atoms with Gasteiger partial charge in [-0.05, 0) is 24.3 Å². The van der Waals surface area contributed by atoms with Crippen molar-refractivity contribution in [2.75, 3.05) is 11.5 Å². The number of nitrogens with zero attached hydrogens (tertiary/aromatic N) is 1. The Balaban J connectivity index is 2.31. The van der Waals surface area contributed by atoms with Gasteiger partial charge >= 0.3 is 0 Å². The molecule has 0 spiro atoms. The van der Waals surface area contributed by atoms with Crippen LogP contribution in [-0.4, -0.2) is 26.6 Å². The Bertz CT molecular complexity index is 681. The first-order valence-electron chi connectivity index (χ1n) is 6.26. The lowest BCUT2D eigenvalue weighted by atomic mass is 10.2. The normalized spacial score (nSPS) is 12.9. The Morgan fingerprint density at radius 3 is 3.05 bits per heavy atom. The van der Waals surface area contributed by atoms with Crippen LogP contribution in [0.25, 0.3) is 23.4 Å². The van der Waals surface area contributed by atoms with E-state index in [4.69, 9.17) is 11.6 Å². The molecule has 0 aliphatic rings. The van der Waals surface area contributed by atoms with Crippen molar-refractivity contribution in [1.82, 2.24) is 9.97 Å². The molecular formula is C14H17ClN2OS. The van der Waals surface area contributed by atoms with Crippen LogP contribution in [0, 0.1) is 0 Å². The summed E-state index contributed by atoms with van der Waals surface area (Å²) in [6, 6.07) is 3.58. The molecule has 2 N–H and O–H groups in total. The molecule has 1 heterocycles. The molecule has 19 heavy (non-hydrogen) atoms. The van der Waals surface area contributed by atoms with Crippen molar-refractivity contribution < 1.29 is 5.11 Å². The first-order valence-corrected chi connectivity index (χ1v) is 7.79. The molecule has 1 aromatic heterocycles. The molecule has 5 heteroatoms. The van der Waals surface area contributed by atoms with Gasteiger partial charge in [-0.3, -0.25) is 0 Å². The Kier molecular flexibility index (Phi) is 4.77. The molecule has 0 unspecified atom stereocenters. The van der Waals surface area contributed by atoms with E-state index in [1.165, 1.54) is 6.42 Å². The van der Waals surface area contributed by atoms with Gasteiger partial charge in [-0.25, -0.2) is 4.98 Å². The van der Waals surface area contributed by atoms with Gasteiger partial charge in [0.1, 0.15) is 11.2 Å². The molecule has 0 aliphatic carbocycles. The van der Waals surface area contributed by atoms with Crippen LogP contribution >= 0.6 is 23.4 Å². The number of nitrogens with one attached hydrogen (secondary N) is 1. The zero-order chi connectivity index (χ0) is 13.8. The number of benzene rings is 1. The van der Waals surface area contributed by atoms with Gasteiger partial charge < -0.3 is 10.1 Å². The number of thioether (sulfide) groups is 1. The third-order valence-corrected chi connectivity index (χ3v) is 4.18. The monoisotopic (exact) mass is 296 g/mol. The van der Waals surface area contributed by atoms with Crippen LogP contribution in [0.15, 0.2) is 12.1 Å². The highest BCUT2D eigenvalue weighted by molar-refractivity contribution is 7.99. The van der Waals surface area contributed by atoms with Crippen molar-refractivity contribution in [2.45, 2.75) is 19.8 Å². The van der Waals surface area contributed by atoms with Crippen molar-refractivity contribution in [3.05, 3.63) is 27.9 Å². The molecule has 0 aliphatic heterocycles. The number of H-pyrrole nitrogens is 1. The summed E-state index contributed by atoms with van der Waals surface area (Å²) < 4.78 is 0. The molecule has 0 bridgehead atoms. The highest BCUT2D eigenvalue weighted by Crippen LogP contribution is 2.13. The summed E-state index contributed by atoms with van der Waals surface area (Å²) in [7, 11) is 0. The van der Waals surface area contributed by atoms with E-state index in [0.29, 0.717) is 27.2 Å². The molecular weight excluding hydrogens is 280 g/mol.